The number of esters is 1. The van der Waals surface area contributed by atoms with Gasteiger partial charge in [-0.1, -0.05) is 39.0 Å². The van der Waals surface area contributed by atoms with Crippen molar-refractivity contribution in [2.24, 2.45) is 0 Å². The first-order chi connectivity index (χ1) is 9.90. The highest BCUT2D eigenvalue weighted by Crippen LogP contribution is 2.24. The average Bonchev–Trinajstić information content (AvgIpc) is 2.47. The number of rotatable bonds is 3. The SMILES string of the molecule is COc1cccc(C(=O)Oc2ccc(C(C)(C)C)cc2)c1. The van der Waals surface area contributed by atoms with Crippen LogP contribution in [-0.4, -0.2) is 13.1 Å². The fraction of sp³-hybridized carbons (Fsp3) is 0.278. The zero-order valence-electron chi connectivity index (χ0n) is 12.8. The van der Waals surface area contributed by atoms with Crippen molar-refractivity contribution in [3.63, 3.8) is 0 Å². The Labute approximate surface area is 125 Å². The zero-order chi connectivity index (χ0) is 15.5. The Morgan fingerprint density at radius 3 is 2.19 bits per heavy atom. The van der Waals surface area contributed by atoms with Gasteiger partial charge in [0, 0.05) is 0 Å². The first-order valence-corrected chi connectivity index (χ1v) is 6.87. The van der Waals surface area contributed by atoms with E-state index in [-0.39, 0.29) is 5.41 Å². The summed E-state index contributed by atoms with van der Waals surface area (Å²) in [6.45, 7) is 6.43. The molecule has 0 bridgehead atoms. The lowest BCUT2D eigenvalue weighted by molar-refractivity contribution is 0.0734. The van der Waals surface area contributed by atoms with Crippen molar-refractivity contribution in [1.82, 2.24) is 0 Å². The van der Waals surface area contributed by atoms with Gasteiger partial charge >= 0.3 is 5.97 Å². The molecule has 0 amide bonds. The van der Waals surface area contributed by atoms with Crippen LogP contribution in [0.5, 0.6) is 11.5 Å². The molecular formula is C18H20O3. The van der Waals surface area contributed by atoms with Crippen LogP contribution in [0.3, 0.4) is 0 Å². The Morgan fingerprint density at radius 1 is 0.952 bits per heavy atom. The number of carbonyl (C=O) groups is 1. The fourth-order valence-corrected chi connectivity index (χ4v) is 1.94. The topological polar surface area (TPSA) is 35.5 Å². The lowest BCUT2D eigenvalue weighted by Gasteiger charge is -2.19. The summed E-state index contributed by atoms with van der Waals surface area (Å²) < 4.78 is 10.5. The predicted octanol–water partition coefficient (Wildman–Crippen LogP) is 4.21. The molecule has 0 N–H and O–H groups in total. The van der Waals surface area contributed by atoms with E-state index >= 15 is 0 Å². The summed E-state index contributed by atoms with van der Waals surface area (Å²) in [6.07, 6.45) is 0. The van der Waals surface area contributed by atoms with Crippen LogP contribution in [-0.2, 0) is 5.41 Å². The van der Waals surface area contributed by atoms with Crippen LogP contribution in [0.15, 0.2) is 48.5 Å². The average molecular weight is 284 g/mol. The minimum Gasteiger partial charge on any atom is -0.497 e. The number of hydrogen-bond donors (Lipinski definition) is 0. The quantitative estimate of drug-likeness (QED) is 0.625. The fourth-order valence-electron chi connectivity index (χ4n) is 1.94. The second-order valence-electron chi connectivity index (χ2n) is 5.90. The van der Waals surface area contributed by atoms with Crippen LogP contribution >= 0.6 is 0 Å². The smallest absolute Gasteiger partial charge is 0.343 e. The molecule has 0 saturated carbocycles. The summed E-state index contributed by atoms with van der Waals surface area (Å²) in [5, 5.41) is 0. The van der Waals surface area contributed by atoms with Crippen molar-refractivity contribution in [1.29, 1.82) is 0 Å². The molecule has 0 fully saturated rings. The largest absolute Gasteiger partial charge is 0.497 e. The van der Waals surface area contributed by atoms with E-state index in [9.17, 15) is 4.79 Å². The second kappa shape index (κ2) is 6.00. The Morgan fingerprint density at radius 2 is 1.62 bits per heavy atom. The van der Waals surface area contributed by atoms with Crippen LogP contribution in [0.1, 0.15) is 36.7 Å². The molecule has 3 heteroatoms. The molecular weight excluding hydrogens is 264 g/mol. The van der Waals surface area contributed by atoms with Crippen LogP contribution in [0.2, 0.25) is 0 Å². The predicted molar refractivity (Wildman–Crippen MR) is 83.1 cm³/mol. The molecule has 110 valence electrons. The Bertz CT molecular complexity index is 622. The number of benzene rings is 2. The van der Waals surface area contributed by atoms with Gasteiger partial charge < -0.3 is 9.47 Å². The normalized spacial score (nSPS) is 11.0. The summed E-state index contributed by atoms with van der Waals surface area (Å²) >= 11 is 0. The van der Waals surface area contributed by atoms with Crippen LogP contribution in [0.4, 0.5) is 0 Å². The second-order valence-corrected chi connectivity index (χ2v) is 5.90. The zero-order valence-corrected chi connectivity index (χ0v) is 12.8. The molecule has 21 heavy (non-hydrogen) atoms. The maximum Gasteiger partial charge on any atom is 0.343 e. The molecule has 0 radical (unpaired) electrons. The summed E-state index contributed by atoms with van der Waals surface area (Å²) in [4.78, 5) is 12.1. The highest BCUT2D eigenvalue weighted by molar-refractivity contribution is 5.91. The Kier molecular flexibility index (Phi) is 4.32. The van der Waals surface area contributed by atoms with Crippen molar-refractivity contribution in [3.8, 4) is 11.5 Å². The Balaban J connectivity index is 2.12. The standard InChI is InChI=1S/C18H20O3/c1-18(2,3)14-8-10-15(11-9-14)21-17(19)13-6-5-7-16(12-13)20-4/h5-12H,1-4H3. The van der Waals surface area contributed by atoms with Gasteiger partial charge in [0.2, 0.25) is 0 Å². The van der Waals surface area contributed by atoms with Crippen LogP contribution < -0.4 is 9.47 Å². The van der Waals surface area contributed by atoms with Crippen molar-refractivity contribution in [2.45, 2.75) is 26.2 Å². The van der Waals surface area contributed by atoms with Crippen molar-refractivity contribution in [2.75, 3.05) is 7.11 Å². The number of carbonyl (C=O) groups excluding carboxylic acids is 1. The van der Waals surface area contributed by atoms with Gasteiger partial charge in [-0.05, 0) is 41.3 Å². The first kappa shape index (κ1) is 15.1. The molecule has 0 aromatic heterocycles. The molecule has 0 aliphatic carbocycles. The van der Waals surface area contributed by atoms with Crippen molar-refractivity contribution in [3.05, 3.63) is 59.7 Å². The highest BCUT2D eigenvalue weighted by atomic mass is 16.5. The molecule has 0 aliphatic rings. The van der Waals surface area contributed by atoms with E-state index in [0.717, 1.165) is 0 Å². The molecule has 0 atom stereocenters. The van der Waals surface area contributed by atoms with E-state index in [2.05, 4.69) is 20.8 Å². The maximum absolute atomic E-state index is 12.1. The molecule has 2 aromatic rings. The van der Waals surface area contributed by atoms with Gasteiger partial charge in [-0.25, -0.2) is 4.79 Å². The Hall–Kier alpha value is -2.29. The van der Waals surface area contributed by atoms with Gasteiger partial charge in [0.05, 0.1) is 12.7 Å². The molecule has 2 rings (SSSR count). The molecule has 0 heterocycles. The maximum atomic E-state index is 12.1. The molecule has 2 aromatic carbocycles. The van der Waals surface area contributed by atoms with Gasteiger partial charge in [-0.3, -0.25) is 0 Å². The monoisotopic (exact) mass is 284 g/mol. The number of hydrogen-bond acceptors (Lipinski definition) is 3. The van der Waals surface area contributed by atoms with Crippen LogP contribution in [0, 0.1) is 0 Å². The molecule has 0 saturated heterocycles. The highest BCUT2D eigenvalue weighted by Gasteiger charge is 2.14. The van der Waals surface area contributed by atoms with Gasteiger partial charge in [-0.2, -0.15) is 0 Å². The molecule has 0 spiro atoms. The third kappa shape index (κ3) is 3.85. The van der Waals surface area contributed by atoms with E-state index in [1.54, 1.807) is 31.4 Å². The molecule has 0 aliphatic heterocycles. The van der Waals surface area contributed by atoms with Gasteiger partial charge in [0.1, 0.15) is 11.5 Å². The summed E-state index contributed by atoms with van der Waals surface area (Å²) in [6, 6.07) is 14.5. The van der Waals surface area contributed by atoms with Gasteiger partial charge in [0.25, 0.3) is 0 Å². The van der Waals surface area contributed by atoms with E-state index in [1.165, 1.54) is 5.56 Å². The summed E-state index contributed by atoms with van der Waals surface area (Å²) in [5.74, 6) is 0.778. The third-order valence-corrected chi connectivity index (χ3v) is 3.24. The van der Waals surface area contributed by atoms with E-state index in [4.69, 9.17) is 9.47 Å². The van der Waals surface area contributed by atoms with Gasteiger partial charge in [0.15, 0.2) is 0 Å². The van der Waals surface area contributed by atoms with E-state index in [0.29, 0.717) is 17.1 Å². The van der Waals surface area contributed by atoms with Crippen molar-refractivity contribution >= 4 is 5.97 Å². The number of methoxy groups -OCH3 is 1. The summed E-state index contributed by atoms with van der Waals surface area (Å²) in [5.41, 5.74) is 1.74. The minimum atomic E-state index is -0.391. The third-order valence-electron chi connectivity index (χ3n) is 3.24. The minimum absolute atomic E-state index is 0.0787. The van der Waals surface area contributed by atoms with E-state index < -0.39 is 5.97 Å². The van der Waals surface area contributed by atoms with Crippen molar-refractivity contribution < 1.29 is 14.3 Å². The summed E-state index contributed by atoms with van der Waals surface area (Å²) in [7, 11) is 1.57. The number of ether oxygens (including phenoxy) is 2. The van der Waals surface area contributed by atoms with Gasteiger partial charge in [-0.15, -0.1) is 0 Å². The van der Waals surface area contributed by atoms with Crippen LogP contribution in [0.25, 0.3) is 0 Å². The lowest BCUT2D eigenvalue weighted by atomic mass is 9.87. The lowest BCUT2D eigenvalue weighted by Crippen LogP contribution is -2.11. The first-order valence-electron chi connectivity index (χ1n) is 6.87. The van der Waals surface area contributed by atoms with E-state index in [1.807, 2.05) is 24.3 Å². The molecule has 0 unspecified atom stereocenters. The molecule has 3 nitrogen and oxygen atoms in total.